The molecule has 0 aliphatic rings. The first-order valence-electron chi connectivity index (χ1n) is 18.1. The van der Waals surface area contributed by atoms with E-state index in [4.69, 9.17) is 0 Å². The Labute approximate surface area is 307 Å². The van der Waals surface area contributed by atoms with Gasteiger partial charge in [-0.1, -0.05) is 147 Å². The molecule has 1 heterocycles. The van der Waals surface area contributed by atoms with Crippen LogP contribution in [0.15, 0.2) is 146 Å². The third-order valence-corrected chi connectivity index (χ3v) is 10.5. The zero-order valence-corrected chi connectivity index (χ0v) is 30.8. The van der Waals surface area contributed by atoms with Crippen LogP contribution in [0.1, 0.15) is 33.4 Å². The minimum atomic E-state index is 0.0641. The number of rotatable bonds is 7. The van der Waals surface area contributed by atoms with Gasteiger partial charge in [-0.25, -0.2) is 0 Å². The Morgan fingerprint density at radius 2 is 1.12 bits per heavy atom. The fourth-order valence-corrected chi connectivity index (χ4v) is 8.50. The van der Waals surface area contributed by atoms with Gasteiger partial charge < -0.3 is 4.90 Å². The molecule has 0 N–H and O–H groups in total. The van der Waals surface area contributed by atoms with E-state index in [0.29, 0.717) is 0 Å². The van der Waals surface area contributed by atoms with E-state index < -0.39 is 0 Å². The summed E-state index contributed by atoms with van der Waals surface area (Å²) in [6.07, 6.45) is 5.30. The minimum absolute atomic E-state index is 0.0641. The molecular weight excluding hydrogens is 629 g/mol. The fourth-order valence-electron chi connectivity index (χ4n) is 8.50. The maximum absolute atomic E-state index is 4.63. The number of aromatic nitrogens is 2. The molecule has 4 heteroatoms. The Kier molecular flexibility index (Phi) is 8.68. The van der Waals surface area contributed by atoms with Crippen LogP contribution in [-0.2, 0) is 0 Å². The number of hydrogen-bond acceptors (Lipinski definition) is 3. The van der Waals surface area contributed by atoms with E-state index in [1.165, 1.54) is 71.3 Å². The van der Waals surface area contributed by atoms with Gasteiger partial charge in [0, 0.05) is 34.7 Å². The fraction of sp³-hybridized carbons (Fsp3) is 0.125. The molecule has 252 valence electrons. The molecule has 3 nitrogen and oxygen atoms in total. The van der Waals surface area contributed by atoms with Crippen LogP contribution in [0, 0.1) is 41.5 Å². The molecule has 8 rings (SSSR count). The van der Waals surface area contributed by atoms with Gasteiger partial charge in [0.25, 0.3) is 0 Å². The Bertz CT molecular complexity index is 2510. The molecule has 0 aliphatic heterocycles. The minimum Gasteiger partial charge on any atom is -0.310 e. The first-order chi connectivity index (χ1) is 25.3. The number of nitrogens with zero attached hydrogens (tertiary/aromatic N) is 3. The highest BCUT2D eigenvalue weighted by atomic mass is 15.1. The molecule has 8 aromatic rings. The van der Waals surface area contributed by atoms with Gasteiger partial charge in [0.15, 0.2) is 0 Å². The maximum atomic E-state index is 4.63. The summed E-state index contributed by atoms with van der Waals surface area (Å²) in [5.41, 5.74) is 17.1. The molecule has 0 unspecified atom stereocenters. The lowest BCUT2D eigenvalue weighted by Gasteiger charge is -2.30. The first kappa shape index (κ1) is 33.2. The summed E-state index contributed by atoms with van der Waals surface area (Å²) in [7, 11) is 0. The van der Waals surface area contributed by atoms with Crippen molar-refractivity contribution in [2.24, 2.45) is 0 Å². The van der Waals surface area contributed by atoms with Crippen molar-refractivity contribution in [1.82, 2.24) is 9.97 Å². The Morgan fingerprint density at radius 1 is 0.500 bits per heavy atom. The van der Waals surface area contributed by atoms with Crippen molar-refractivity contribution >= 4 is 61.7 Å². The normalized spacial score (nSPS) is 11.3. The van der Waals surface area contributed by atoms with Crippen LogP contribution in [0.25, 0.3) is 32.8 Å². The van der Waals surface area contributed by atoms with E-state index in [-0.39, 0.29) is 6.71 Å². The molecular formula is C48H42BN3. The monoisotopic (exact) mass is 671 g/mol. The van der Waals surface area contributed by atoms with Crippen molar-refractivity contribution in [3.05, 3.63) is 179 Å². The summed E-state index contributed by atoms with van der Waals surface area (Å²) in [4.78, 5) is 11.4. The summed E-state index contributed by atoms with van der Waals surface area (Å²) >= 11 is 0. The topological polar surface area (TPSA) is 29.0 Å². The molecule has 0 spiro atoms. The van der Waals surface area contributed by atoms with Crippen molar-refractivity contribution in [3.63, 3.8) is 0 Å². The van der Waals surface area contributed by atoms with Crippen LogP contribution in [-0.4, -0.2) is 16.7 Å². The largest absolute Gasteiger partial charge is 0.310 e. The molecule has 0 aliphatic carbocycles. The van der Waals surface area contributed by atoms with Gasteiger partial charge in [-0.2, -0.15) is 0 Å². The molecule has 0 amide bonds. The average Bonchev–Trinajstić information content (AvgIpc) is 3.14. The van der Waals surface area contributed by atoms with E-state index >= 15 is 0 Å². The number of anilines is 3. The van der Waals surface area contributed by atoms with Crippen molar-refractivity contribution < 1.29 is 0 Å². The van der Waals surface area contributed by atoms with Crippen molar-refractivity contribution in [3.8, 4) is 11.3 Å². The maximum Gasteiger partial charge on any atom is 0.243 e. The van der Waals surface area contributed by atoms with Crippen LogP contribution >= 0.6 is 0 Å². The van der Waals surface area contributed by atoms with Crippen LogP contribution in [0.4, 0.5) is 17.1 Å². The molecule has 0 atom stereocenters. The Balaban J connectivity index is 1.40. The standard InChI is InChI=1S/C48H42BN3/c1-31-24-33(3)47(34(4)25-31)49(48-35(5)26-32(2)27-36(48)6)44-20-21-46(43-17-10-9-16-42(43)44)52(41-19-18-37-12-7-8-13-38(37)28-41)40-15-11-14-39(29-40)45-30-50-22-23-51-45/h7-30H,1-6H3. The van der Waals surface area contributed by atoms with Crippen molar-refractivity contribution in [1.29, 1.82) is 0 Å². The second kappa shape index (κ2) is 13.6. The summed E-state index contributed by atoms with van der Waals surface area (Å²) in [5.74, 6) is 0. The molecule has 0 fully saturated rings. The van der Waals surface area contributed by atoms with Crippen molar-refractivity contribution in [2.75, 3.05) is 4.90 Å². The van der Waals surface area contributed by atoms with Gasteiger partial charge in [0.1, 0.15) is 0 Å². The van der Waals surface area contributed by atoms with Crippen LogP contribution in [0.3, 0.4) is 0 Å². The molecule has 0 saturated heterocycles. The van der Waals surface area contributed by atoms with E-state index in [9.17, 15) is 0 Å². The lowest BCUT2D eigenvalue weighted by atomic mass is 9.33. The SMILES string of the molecule is Cc1cc(C)c(B(c2c(C)cc(C)cc2C)c2ccc(N(c3cccc(-c4cnccn4)c3)c3ccc4ccccc4c3)c3ccccc23)c(C)c1. The molecule has 0 radical (unpaired) electrons. The number of fused-ring (bicyclic) bond motifs is 2. The van der Waals surface area contributed by atoms with E-state index in [0.717, 1.165) is 28.3 Å². The van der Waals surface area contributed by atoms with Gasteiger partial charge in [0.2, 0.25) is 6.71 Å². The second-order valence-electron chi connectivity index (χ2n) is 14.3. The highest BCUT2D eigenvalue weighted by molar-refractivity contribution is 6.98. The Morgan fingerprint density at radius 3 is 1.77 bits per heavy atom. The smallest absolute Gasteiger partial charge is 0.243 e. The summed E-state index contributed by atoms with van der Waals surface area (Å²) in [6, 6.07) is 47.0. The lowest BCUT2D eigenvalue weighted by Crippen LogP contribution is -2.56. The third-order valence-electron chi connectivity index (χ3n) is 10.5. The van der Waals surface area contributed by atoms with Gasteiger partial charge in [-0.15, -0.1) is 0 Å². The van der Waals surface area contributed by atoms with Gasteiger partial charge >= 0.3 is 0 Å². The average molecular weight is 672 g/mol. The molecule has 0 bridgehead atoms. The highest BCUT2D eigenvalue weighted by Gasteiger charge is 2.31. The number of benzene rings is 7. The zero-order valence-electron chi connectivity index (χ0n) is 30.8. The first-order valence-corrected chi connectivity index (χ1v) is 18.1. The van der Waals surface area contributed by atoms with Gasteiger partial charge in [0.05, 0.1) is 17.6 Å². The van der Waals surface area contributed by atoms with Crippen LogP contribution < -0.4 is 21.3 Å². The van der Waals surface area contributed by atoms with Gasteiger partial charge in [-0.05, 0) is 88.0 Å². The summed E-state index contributed by atoms with van der Waals surface area (Å²) < 4.78 is 0. The van der Waals surface area contributed by atoms with Gasteiger partial charge in [-0.3, -0.25) is 9.97 Å². The van der Waals surface area contributed by atoms with E-state index in [1.54, 1.807) is 12.4 Å². The van der Waals surface area contributed by atoms with Crippen LogP contribution in [0.2, 0.25) is 0 Å². The Hall–Kier alpha value is -6.00. The predicted octanol–water partition coefficient (Wildman–Crippen LogP) is 10.3. The molecule has 1 aromatic heterocycles. The predicted molar refractivity (Wildman–Crippen MR) is 223 cm³/mol. The van der Waals surface area contributed by atoms with E-state index in [2.05, 4.69) is 184 Å². The number of aryl methyl sites for hydroxylation is 6. The number of hydrogen-bond donors (Lipinski definition) is 0. The quantitative estimate of drug-likeness (QED) is 0.158. The summed E-state index contributed by atoms with van der Waals surface area (Å²) in [5, 5.41) is 4.87. The zero-order chi connectivity index (χ0) is 35.9. The van der Waals surface area contributed by atoms with E-state index in [1.807, 2.05) is 6.20 Å². The second-order valence-corrected chi connectivity index (χ2v) is 14.3. The molecule has 52 heavy (non-hydrogen) atoms. The highest BCUT2D eigenvalue weighted by Crippen LogP contribution is 2.40. The summed E-state index contributed by atoms with van der Waals surface area (Å²) in [6.45, 7) is 13.6. The third kappa shape index (κ3) is 6.05. The van der Waals surface area contributed by atoms with Crippen molar-refractivity contribution in [2.45, 2.75) is 41.5 Å². The molecule has 0 saturated carbocycles. The lowest BCUT2D eigenvalue weighted by molar-refractivity contribution is 1.20. The van der Waals surface area contributed by atoms with Crippen LogP contribution in [0.5, 0.6) is 0 Å². The molecule has 7 aromatic carbocycles.